The van der Waals surface area contributed by atoms with Crippen LogP contribution in [-0.2, 0) is 20.9 Å². The predicted molar refractivity (Wildman–Crippen MR) is 96.6 cm³/mol. The third kappa shape index (κ3) is 7.81. The van der Waals surface area contributed by atoms with Crippen molar-refractivity contribution in [3.8, 4) is 0 Å². The molecule has 1 rings (SSSR count). The zero-order chi connectivity index (χ0) is 22.0. The number of nitrogens with zero attached hydrogens (tertiary/aromatic N) is 4. The van der Waals surface area contributed by atoms with Crippen molar-refractivity contribution in [3.63, 3.8) is 0 Å². The number of nitro groups is 1. The van der Waals surface area contributed by atoms with E-state index in [1.165, 1.54) is 17.3 Å². The molecule has 0 bridgehead atoms. The topological polar surface area (TPSA) is 182 Å². The van der Waals surface area contributed by atoms with Crippen LogP contribution < -0.4 is 5.73 Å². The maximum Gasteiger partial charge on any atom is 0.435 e. The van der Waals surface area contributed by atoms with Gasteiger partial charge in [0.2, 0.25) is 0 Å². The van der Waals surface area contributed by atoms with Crippen molar-refractivity contribution >= 4 is 23.8 Å². The van der Waals surface area contributed by atoms with Crippen LogP contribution in [0, 0.1) is 16.0 Å². The quantitative estimate of drug-likeness (QED) is 0.282. The first kappa shape index (κ1) is 23.9. The molecule has 0 aliphatic rings. The van der Waals surface area contributed by atoms with Crippen molar-refractivity contribution < 1.29 is 33.9 Å². The van der Waals surface area contributed by atoms with E-state index in [9.17, 15) is 34.0 Å². The molecule has 162 valence electrons. The van der Waals surface area contributed by atoms with Gasteiger partial charge in [-0.05, 0) is 30.6 Å². The van der Waals surface area contributed by atoms with Gasteiger partial charge in [-0.3, -0.25) is 18.8 Å². The van der Waals surface area contributed by atoms with Gasteiger partial charge in [0.25, 0.3) is 5.91 Å². The monoisotopic (exact) mass is 417 g/mol. The molecule has 0 saturated carbocycles. The molecule has 1 heterocycles. The van der Waals surface area contributed by atoms with Gasteiger partial charge in [0.05, 0.1) is 12.6 Å². The largest absolute Gasteiger partial charge is 0.481 e. The smallest absolute Gasteiger partial charge is 0.435 e. The van der Waals surface area contributed by atoms with Crippen LogP contribution >= 0.6 is 0 Å². The van der Waals surface area contributed by atoms with Gasteiger partial charge in [0.15, 0.2) is 6.54 Å². The highest BCUT2D eigenvalue weighted by atomic mass is 19.1. The van der Waals surface area contributed by atoms with Crippen LogP contribution in [0.15, 0.2) is 12.4 Å². The molecular formula is C16H24FN5O7. The molecule has 4 N–H and O–H groups in total. The number of carboxylic acids is 2. The van der Waals surface area contributed by atoms with Gasteiger partial charge in [0.1, 0.15) is 18.4 Å². The number of aliphatic carboxylic acids is 2. The molecule has 1 aromatic rings. The van der Waals surface area contributed by atoms with Crippen molar-refractivity contribution in [1.82, 2.24) is 14.5 Å². The van der Waals surface area contributed by atoms with E-state index in [-0.39, 0.29) is 45.3 Å². The molecule has 2 atom stereocenters. The highest BCUT2D eigenvalue weighted by Crippen LogP contribution is 2.15. The van der Waals surface area contributed by atoms with Crippen molar-refractivity contribution in [2.75, 3.05) is 19.8 Å². The van der Waals surface area contributed by atoms with Gasteiger partial charge in [0, 0.05) is 13.1 Å². The number of amides is 1. The second kappa shape index (κ2) is 11.7. The molecular weight excluding hydrogens is 393 g/mol. The molecule has 12 nitrogen and oxygen atoms in total. The number of carbonyl (C=O) groups excluding carboxylic acids is 1. The summed E-state index contributed by atoms with van der Waals surface area (Å²) in [5.41, 5.74) is 5.38. The normalized spacial score (nSPS) is 12.9. The second-order valence-electron chi connectivity index (χ2n) is 6.39. The summed E-state index contributed by atoms with van der Waals surface area (Å²) in [6.45, 7) is -0.882. The zero-order valence-corrected chi connectivity index (χ0v) is 15.6. The van der Waals surface area contributed by atoms with Crippen LogP contribution in [0.2, 0.25) is 0 Å². The van der Waals surface area contributed by atoms with E-state index in [1.807, 2.05) is 0 Å². The van der Waals surface area contributed by atoms with E-state index < -0.39 is 47.4 Å². The summed E-state index contributed by atoms with van der Waals surface area (Å²) in [5, 5.41) is 28.9. The summed E-state index contributed by atoms with van der Waals surface area (Å²) in [5.74, 6) is -4.52. The van der Waals surface area contributed by atoms with E-state index in [2.05, 4.69) is 4.98 Å². The molecule has 0 unspecified atom stereocenters. The fraction of sp³-hybridized carbons (Fsp3) is 0.625. The Morgan fingerprint density at radius 1 is 1.28 bits per heavy atom. The SMILES string of the molecule is N[C@@H](C[C@@H](CCCN(CCCF)C(=O)Cn1ccnc1[N+](=O)[O-])C(=O)O)C(=O)O. The summed E-state index contributed by atoms with van der Waals surface area (Å²) in [7, 11) is 0. The van der Waals surface area contributed by atoms with Crippen LogP contribution in [0.25, 0.3) is 0 Å². The molecule has 0 saturated heterocycles. The zero-order valence-electron chi connectivity index (χ0n) is 15.6. The van der Waals surface area contributed by atoms with Crippen LogP contribution in [-0.4, -0.2) is 73.2 Å². The number of carbonyl (C=O) groups is 3. The Labute approximate surface area is 165 Å². The Morgan fingerprint density at radius 2 is 1.93 bits per heavy atom. The number of halogens is 1. The molecule has 13 heteroatoms. The van der Waals surface area contributed by atoms with Gasteiger partial charge >= 0.3 is 17.9 Å². The minimum atomic E-state index is -1.32. The number of carboxylic acid groups (broad SMARTS) is 2. The van der Waals surface area contributed by atoms with E-state index >= 15 is 0 Å². The fourth-order valence-corrected chi connectivity index (χ4v) is 2.73. The standard InChI is InChI=1S/C16H24FN5O7/c17-4-2-7-20(13(23)10-21-8-5-19-16(21)22(28)29)6-1-3-11(14(24)25)9-12(18)15(26)27/h5,8,11-12H,1-4,6-7,9-10,18H2,(H,24,25)(H,26,27)/t11-,12+/m1/s1. The average molecular weight is 417 g/mol. The van der Waals surface area contributed by atoms with E-state index in [4.69, 9.17) is 10.8 Å². The van der Waals surface area contributed by atoms with Crippen LogP contribution in [0.5, 0.6) is 0 Å². The molecule has 1 aromatic heterocycles. The third-order valence-electron chi connectivity index (χ3n) is 4.26. The Balaban J connectivity index is 2.71. The van der Waals surface area contributed by atoms with Gasteiger partial charge in [-0.25, -0.2) is 4.57 Å². The van der Waals surface area contributed by atoms with Gasteiger partial charge < -0.3 is 31.0 Å². The lowest BCUT2D eigenvalue weighted by Gasteiger charge is -2.23. The van der Waals surface area contributed by atoms with Gasteiger partial charge in [-0.2, -0.15) is 0 Å². The van der Waals surface area contributed by atoms with Crippen molar-refractivity contribution in [1.29, 1.82) is 0 Å². The minimum absolute atomic E-state index is 0.0595. The predicted octanol–water partition coefficient (Wildman–Crippen LogP) is 0.262. The molecule has 0 aliphatic carbocycles. The number of imidazole rings is 1. The number of nitrogens with two attached hydrogens (primary N) is 1. The molecule has 0 aliphatic heterocycles. The lowest BCUT2D eigenvalue weighted by Crippen LogP contribution is -2.37. The van der Waals surface area contributed by atoms with Crippen LogP contribution in [0.1, 0.15) is 25.7 Å². The highest BCUT2D eigenvalue weighted by Gasteiger charge is 2.25. The number of hydrogen-bond donors (Lipinski definition) is 3. The van der Waals surface area contributed by atoms with E-state index in [0.717, 1.165) is 4.57 Å². The minimum Gasteiger partial charge on any atom is -0.481 e. The molecule has 29 heavy (non-hydrogen) atoms. The van der Waals surface area contributed by atoms with Crippen molar-refractivity contribution in [3.05, 3.63) is 22.5 Å². The third-order valence-corrected chi connectivity index (χ3v) is 4.26. The number of aromatic nitrogens is 2. The fourth-order valence-electron chi connectivity index (χ4n) is 2.73. The van der Waals surface area contributed by atoms with Gasteiger partial charge in [-0.1, -0.05) is 4.98 Å². The summed E-state index contributed by atoms with van der Waals surface area (Å²) >= 11 is 0. The average Bonchev–Trinajstić information content (AvgIpc) is 3.11. The second-order valence-corrected chi connectivity index (χ2v) is 6.39. The molecule has 0 spiro atoms. The van der Waals surface area contributed by atoms with Crippen molar-refractivity contribution in [2.24, 2.45) is 11.7 Å². The molecule has 0 radical (unpaired) electrons. The highest BCUT2D eigenvalue weighted by molar-refractivity contribution is 5.76. The Morgan fingerprint density at radius 3 is 2.48 bits per heavy atom. The number of alkyl halides is 1. The first-order valence-corrected chi connectivity index (χ1v) is 8.87. The lowest BCUT2D eigenvalue weighted by molar-refractivity contribution is -0.396. The van der Waals surface area contributed by atoms with Gasteiger partial charge in [-0.15, -0.1) is 0 Å². The first-order chi connectivity index (χ1) is 13.7. The van der Waals surface area contributed by atoms with Crippen molar-refractivity contribution in [2.45, 2.75) is 38.3 Å². The summed E-state index contributed by atoms with van der Waals surface area (Å²) < 4.78 is 13.6. The Hall–Kier alpha value is -3.09. The number of hydrogen-bond acceptors (Lipinski definition) is 7. The van der Waals surface area contributed by atoms with Crippen LogP contribution in [0.3, 0.4) is 0 Å². The number of rotatable bonds is 14. The summed E-state index contributed by atoms with van der Waals surface area (Å²) in [4.78, 5) is 49.6. The maximum atomic E-state index is 12.5. The Kier molecular flexibility index (Phi) is 9.65. The summed E-state index contributed by atoms with van der Waals surface area (Å²) in [6.07, 6.45) is 2.54. The van der Waals surface area contributed by atoms with Crippen LogP contribution in [0.4, 0.5) is 10.3 Å². The molecule has 0 fully saturated rings. The summed E-state index contributed by atoms with van der Waals surface area (Å²) in [6, 6.07) is -1.32. The first-order valence-electron chi connectivity index (χ1n) is 8.87. The molecule has 1 amide bonds. The van der Waals surface area contributed by atoms with E-state index in [0.29, 0.717) is 0 Å². The maximum absolute atomic E-state index is 12.5. The molecule has 0 aromatic carbocycles. The lowest BCUT2D eigenvalue weighted by atomic mass is 9.95. The Bertz CT molecular complexity index is 726. The van der Waals surface area contributed by atoms with E-state index in [1.54, 1.807) is 0 Å².